The average Bonchev–Trinajstić information content (AvgIpc) is 2.89. The van der Waals surface area contributed by atoms with Gasteiger partial charge in [0.15, 0.2) is 5.65 Å². The topological polar surface area (TPSA) is 59.8 Å². The van der Waals surface area contributed by atoms with Gasteiger partial charge in [-0.2, -0.15) is 5.10 Å². The highest BCUT2D eigenvalue weighted by Crippen LogP contribution is 2.19. The lowest BCUT2D eigenvalue weighted by Gasteiger charge is -2.15. The van der Waals surface area contributed by atoms with Crippen LogP contribution in [0.15, 0.2) is 12.3 Å². The van der Waals surface area contributed by atoms with Crippen molar-refractivity contribution in [2.45, 2.75) is 72.4 Å². The maximum absolute atomic E-state index is 12.5. The molecule has 0 bridgehead atoms. The second kappa shape index (κ2) is 7.57. The number of aromatic nitrogens is 3. The van der Waals surface area contributed by atoms with Crippen LogP contribution < -0.4 is 5.32 Å². The van der Waals surface area contributed by atoms with E-state index in [9.17, 15) is 4.79 Å². The van der Waals surface area contributed by atoms with E-state index in [4.69, 9.17) is 0 Å². The van der Waals surface area contributed by atoms with Crippen LogP contribution >= 0.6 is 0 Å². The summed E-state index contributed by atoms with van der Waals surface area (Å²) >= 11 is 0. The largest absolute Gasteiger partial charge is 0.350 e. The van der Waals surface area contributed by atoms with Crippen molar-refractivity contribution in [2.24, 2.45) is 0 Å². The predicted molar refractivity (Wildman–Crippen MR) is 93.7 cm³/mol. The third-order valence-corrected chi connectivity index (χ3v) is 4.11. The summed E-state index contributed by atoms with van der Waals surface area (Å²) in [6, 6.07) is 2.33. The molecule has 0 saturated heterocycles. The molecule has 2 aromatic rings. The molecule has 2 heterocycles. The lowest BCUT2D eigenvalue weighted by atomic mass is 10.1. The van der Waals surface area contributed by atoms with Gasteiger partial charge in [-0.1, -0.05) is 26.2 Å². The normalized spacial score (nSPS) is 12.8. The summed E-state index contributed by atoms with van der Waals surface area (Å²) in [4.78, 5) is 17.1. The summed E-state index contributed by atoms with van der Waals surface area (Å²) in [6.45, 7) is 10.3. The summed E-state index contributed by atoms with van der Waals surface area (Å²) < 4.78 is 1.89. The van der Waals surface area contributed by atoms with Crippen LogP contribution in [-0.4, -0.2) is 26.7 Å². The van der Waals surface area contributed by atoms with Crippen LogP contribution in [-0.2, 0) is 0 Å². The zero-order valence-corrected chi connectivity index (χ0v) is 14.9. The molecular formula is C18H28N4O. The first-order valence-corrected chi connectivity index (χ1v) is 8.59. The third-order valence-electron chi connectivity index (χ3n) is 4.11. The summed E-state index contributed by atoms with van der Waals surface area (Å²) in [5.74, 6) is -0.0433. The van der Waals surface area contributed by atoms with Gasteiger partial charge in [-0.25, -0.2) is 9.67 Å². The van der Waals surface area contributed by atoms with Crippen molar-refractivity contribution in [3.63, 3.8) is 0 Å². The lowest BCUT2D eigenvalue weighted by molar-refractivity contribution is 0.0937. The van der Waals surface area contributed by atoms with Crippen LogP contribution in [0.1, 0.15) is 75.5 Å². The summed E-state index contributed by atoms with van der Waals surface area (Å²) in [6.07, 6.45) is 6.35. The summed E-state index contributed by atoms with van der Waals surface area (Å²) in [5.41, 5.74) is 2.23. The molecule has 0 fully saturated rings. The molecule has 5 nitrogen and oxygen atoms in total. The molecule has 1 atom stereocenters. The van der Waals surface area contributed by atoms with Crippen molar-refractivity contribution in [2.75, 3.05) is 0 Å². The average molecular weight is 316 g/mol. The Labute approximate surface area is 138 Å². The minimum Gasteiger partial charge on any atom is -0.350 e. The van der Waals surface area contributed by atoms with E-state index in [-0.39, 0.29) is 18.0 Å². The Morgan fingerprint density at radius 3 is 2.70 bits per heavy atom. The van der Waals surface area contributed by atoms with E-state index in [1.807, 2.05) is 17.7 Å². The number of rotatable bonds is 7. The van der Waals surface area contributed by atoms with Gasteiger partial charge in [-0.05, 0) is 40.2 Å². The predicted octanol–water partition coefficient (Wildman–Crippen LogP) is 4.02. The first-order valence-electron chi connectivity index (χ1n) is 8.59. The van der Waals surface area contributed by atoms with Crippen LogP contribution in [0.25, 0.3) is 11.0 Å². The number of pyridine rings is 1. The van der Waals surface area contributed by atoms with E-state index in [2.05, 4.69) is 43.1 Å². The number of amides is 1. The van der Waals surface area contributed by atoms with Crippen molar-refractivity contribution in [1.29, 1.82) is 0 Å². The number of fused-ring (bicyclic) bond motifs is 1. The molecule has 1 unspecified atom stereocenters. The standard InChI is InChI=1S/C18H28N4O/c1-6-7-8-9-13(4)20-18(23)16-10-15-11-19-22(12(2)3)17(15)21-14(16)5/h10-13H,6-9H2,1-5H3,(H,20,23). The fourth-order valence-corrected chi connectivity index (χ4v) is 2.75. The zero-order valence-electron chi connectivity index (χ0n) is 14.9. The molecule has 5 heteroatoms. The van der Waals surface area contributed by atoms with Gasteiger partial charge in [0.2, 0.25) is 0 Å². The molecule has 0 aliphatic heterocycles. The van der Waals surface area contributed by atoms with Crippen LogP contribution in [0.5, 0.6) is 0 Å². The number of aryl methyl sites for hydroxylation is 1. The van der Waals surface area contributed by atoms with Gasteiger partial charge >= 0.3 is 0 Å². The first kappa shape index (κ1) is 17.4. The van der Waals surface area contributed by atoms with Crippen LogP contribution in [0.3, 0.4) is 0 Å². The molecular weight excluding hydrogens is 288 g/mol. The maximum atomic E-state index is 12.5. The lowest BCUT2D eigenvalue weighted by Crippen LogP contribution is -2.33. The van der Waals surface area contributed by atoms with Gasteiger partial charge in [0, 0.05) is 17.5 Å². The van der Waals surface area contributed by atoms with Crippen molar-refractivity contribution >= 4 is 16.9 Å². The van der Waals surface area contributed by atoms with Gasteiger partial charge in [0.25, 0.3) is 5.91 Å². The fourth-order valence-electron chi connectivity index (χ4n) is 2.75. The summed E-state index contributed by atoms with van der Waals surface area (Å²) in [5, 5.41) is 8.36. The van der Waals surface area contributed by atoms with E-state index >= 15 is 0 Å². The summed E-state index contributed by atoms with van der Waals surface area (Å²) in [7, 11) is 0. The van der Waals surface area contributed by atoms with Crippen molar-refractivity contribution in [3.8, 4) is 0 Å². The Hall–Kier alpha value is -1.91. The van der Waals surface area contributed by atoms with Crippen LogP contribution in [0.4, 0.5) is 0 Å². The van der Waals surface area contributed by atoms with Gasteiger partial charge in [0.1, 0.15) is 0 Å². The molecule has 0 aliphatic carbocycles. The number of unbranched alkanes of at least 4 members (excludes halogenated alkanes) is 2. The molecule has 0 spiro atoms. The van der Waals surface area contributed by atoms with Crippen LogP contribution in [0.2, 0.25) is 0 Å². The monoisotopic (exact) mass is 316 g/mol. The number of carbonyl (C=O) groups is 1. The van der Waals surface area contributed by atoms with Crippen LogP contribution in [0, 0.1) is 6.92 Å². The van der Waals surface area contributed by atoms with E-state index in [0.717, 1.165) is 29.6 Å². The van der Waals surface area contributed by atoms with Gasteiger partial charge in [-0.3, -0.25) is 4.79 Å². The van der Waals surface area contributed by atoms with Gasteiger partial charge < -0.3 is 5.32 Å². The first-order chi connectivity index (χ1) is 10.9. The van der Waals surface area contributed by atoms with Crippen molar-refractivity contribution in [3.05, 3.63) is 23.5 Å². The SMILES string of the molecule is CCCCCC(C)NC(=O)c1cc2cnn(C(C)C)c2nc1C. The zero-order chi connectivity index (χ0) is 17.0. The fraction of sp³-hybridized carbons (Fsp3) is 0.611. The quantitative estimate of drug-likeness (QED) is 0.785. The molecule has 0 saturated carbocycles. The van der Waals surface area contributed by atoms with E-state index < -0.39 is 0 Å². The highest BCUT2D eigenvalue weighted by Gasteiger charge is 2.16. The highest BCUT2D eigenvalue weighted by molar-refractivity contribution is 5.98. The minimum atomic E-state index is -0.0433. The molecule has 126 valence electrons. The highest BCUT2D eigenvalue weighted by atomic mass is 16.1. The number of carbonyl (C=O) groups excluding carboxylic acids is 1. The Morgan fingerprint density at radius 1 is 1.30 bits per heavy atom. The second-order valence-corrected chi connectivity index (χ2v) is 6.59. The molecule has 0 aromatic carbocycles. The molecule has 0 aliphatic rings. The Balaban J connectivity index is 2.16. The third kappa shape index (κ3) is 4.09. The van der Waals surface area contributed by atoms with Gasteiger partial charge in [-0.15, -0.1) is 0 Å². The molecule has 0 radical (unpaired) electrons. The van der Waals surface area contributed by atoms with E-state index in [1.165, 1.54) is 12.8 Å². The Bertz CT molecular complexity index is 675. The van der Waals surface area contributed by atoms with Gasteiger partial charge in [0.05, 0.1) is 17.5 Å². The smallest absolute Gasteiger partial charge is 0.253 e. The van der Waals surface area contributed by atoms with E-state index in [0.29, 0.717) is 5.56 Å². The molecule has 2 rings (SSSR count). The number of hydrogen-bond acceptors (Lipinski definition) is 3. The molecule has 1 amide bonds. The molecule has 2 aromatic heterocycles. The van der Waals surface area contributed by atoms with Crippen molar-refractivity contribution in [1.82, 2.24) is 20.1 Å². The number of nitrogens with one attached hydrogen (secondary N) is 1. The Kier molecular flexibility index (Phi) is 5.74. The Morgan fingerprint density at radius 2 is 2.04 bits per heavy atom. The number of hydrogen-bond donors (Lipinski definition) is 1. The minimum absolute atomic E-state index is 0.0433. The molecule has 23 heavy (non-hydrogen) atoms. The maximum Gasteiger partial charge on any atom is 0.253 e. The molecule has 1 N–H and O–H groups in total. The second-order valence-electron chi connectivity index (χ2n) is 6.59. The van der Waals surface area contributed by atoms with E-state index in [1.54, 1.807) is 6.20 Å². The number of nitrogens with zero attached hydrogens (tertiary/aromatic N) is 3. The van der Waals surface area contributed by atoms with Crippen molar-refractivity contribution < 1.29 is 4.79 Å².